The molecule has 4 aromatic rings. The van der Waals surface area contributed by atoms with Gasteiger partial charge in [-0.15, -0.1) is 5.10 Å². The molecule has 1 aliphatic rings. The molecule has 1 aliphatic heterocycles. The Morgan fingerprint density at radius 3 is 2.90 bits per heavy atom. The minimum absolute atomic E-state index is 0.113. The van der Waals surface area contributed by atoms with Crippen molar-refractivity contribution >= 4 is 5.91 Å². The number of nitrogens with zero attached hydrogens (tertiary/aromatic N) is 8. The molecule has 5 rings (SSSR count). The summed E-state index contributed by atoms with van der Waals surface area (Å²) in [7, 11) is 0. The van der Waals surface area contributed by atoms with Crippen molar-refractivity contribution in [2.45, 2.75) is 19.3 Å². The number of hydrogen-bond acceptors (Lipinski definition) is 8. The van der Waals surface area contributed by atoms with E-state index in [1.807, 2.05) is 35.2 Å². The van der Waals surface area contributed by atoms with Gasteiger partial charge in [0, 0.05) is 31.9 Å². The predicted molar refractivity (Wildman–Crippen MR) is 109 cm³/mol. The maximum Gasteiger partial charge on any atom is 0.276 e. The van der Waals surface area contributed by atoms with E-state index in [-0.39, 0.29) is 11.8 Å². The largest absolute Gasteiger partial charge is 0.339 e. The normalized spacial score (nSPS) is 16.4. The summed E-state index contributed by atoms with van der Waals surface area (Å²) in [5.41, 5.74) is 1.72. The summed E-state index contributed by atoms with van der Waals surface area (Å²) in [6.45, 7) is 1.31. The summed E-state index contributed by atoms with van der Waals surface area (Å²) in [5, 5.41) is 12.6. The molecule has 156 valence electrons. The van der Waals surface area contributed by atoms with Gasteiger partial charge in [-0.3, -0.25) is 9.78 Å². The van der Waals surface area contributed by atoms with Gasteiger partial charge in [0.15, 0.2) is 5.69 Å². The number of para-hydroxylation sites is 1. The second-order valence-electron chi connectivity index (χ2n) is 7.42. The van der Waals surface area contributed by atoms with E-state index in [2.05, 4.69) is 30.3 Å². The van der Waals surface area contributed by atoms with Crippen LogP contribution in [0.15, 0.2) is 59.6 Å². The first-order valence-electron chi connectivity index (χ1n) is 10.1. The lowest BCUT2D eigenvalue weighted by molar-refractivity contribution is 0.0661. The third-order valence-corrected chi connectivity index (χ3v) is 5.23. The van der Waals surface area contributed by atoms with Crippen LogP contribution in [0, 0.1) is 5.92 Å². The molecule has 0 aliphatic carbocycles. The Morgan fingerprint density at radius 2 is 2.06 bits per heavy atom. The van der Waals surface area contributed by atoms with Gasteiger partial charge >= 0.3 is 0 Å². The zero-order valence-electron chi connectivity index (χ0n) is 16.7. The molecule has 1 amide bonds. The van der Waals surface area contributed by atoms with Crippen molar-refractivity contribution in [2.24, 2.45) is 5.92 Å². The monoisotopic (exact) mass is 416 g/mol. The van der Waals surface area contributed by atoms with Crippen molar-refractivity contribution in [1.29, 1.82) is 0 Å². The van der Waals surface area contributed by atoms with Crippen molar-refractivity contribution < 1.29 is 9.32 Å². The summed E-state index contributed by atoms with van der Waals surface area (Å²) in [4.78, 5) is 28.9. The van der Waals surface area contributed by atoms with Gasteiger partial charge in [-0.1, -0.05) is 23.4 Å². The molecule has 1 saturated heterocycles. The van der Waals surface area contributed by atoms with Crippen LogP contribution in [-0.4, -0.2) is 59.0 Å². The molecule has 1 atom stereocenters. The topological polar surface area (TPSA) is 116 Å². The van der Waals surface area contributed by atoms with E-state index in [4.69, 9.17) is 4.52 Å². The molecule has 1 fully saturated rings. The Morgan fingerprint density at radius 1 is 1.16 bits per heavy atom. The number of likely N-dealkylation sites (tertiary alicyclic amines) is 1. The first-order valence-corrected chi connectivity index (χ1v) is 10.1. The Labute approximate surface area is 177 Å². The van der Waals surface area contributed by atoms with Crippen LogP contribution < -0.4 is 0 Å². The highest BCUT2D eigenvalue weighted by atomic mass is 16.5. The van der Waals surface area contributed by atoms with Crippen LogP contribution in [0.3, 0.4) is 0 Å². The highest BCUT2D eigenvalue weighted by Gasteiger charge is 2.27. The van der Waals surface area contributed by atoms with Gasteiger partial charge in [0.1, 0.15) is 5.69 Å². The van der Waals surface area contributed by atoms with Crippen molar-refractivity contribution in [2.75, 3.05) is 13.1 Å². The van der Waals surface area contributed by atoms with Gasteiger partial charge in [-0.2, -0.15) is 14.9 Å². The molecule has 0 spiro atoms. The number of carbonyl (C=O) groups is 1. The molecule has 0 saturated carbocycles. The van der Waals surface area contributed by atoms with Crippen molar-refractivity contribution in [3.63, 3.8) is 0 Å². The summed E-state index contributed by atoms with van der Waals surface area (Å²) < 4.78 is 5.40. The van der Waals surface area contributed by atoms with Gasteiger partial charge in [0.2, 0.25) is 11.7 Å². The summed E-state index contributed by atoms with van der Waals surface area (Å²) in [6, 6.07) is 9.52. The molecule has 4 heterocycles. The number of amides is 1. The van der Waals surface area contributed by atoms with Crippen LogP contribution in [0.2, 0.25) is 0 Å². The molecule has 31 heavy (non-hydrogen) atoms. The van der Waals surface area contributed by atoms with E-state index in [0.717, 1.165) is 18.5 Å². The zero-order chi connectivity index (χ0) is 21.0. The van der Waals surface area contributed by atoms with E-state index in [1.54, 1.807) is 18.6 Å². The predicted octanol–water partition coefficient (Wildman–Crippen LogP) is 2.20. The van der Waals surface area contributed by atoms with Gasteiger partial charge < -0.3 is 9.42 Å². The Bertz CT molecular complexity index is 1160. The van der Waals surface area contributed by atoms with Crippen molar-refractivity contribution in [1.82, 2.24) is 40.0 Å². The highest BCUT2D eigenvalue weighted by molar-refractivity contribution is 5.92. The first-order chi connectivity index (χ1) is 15.3. The smallest absolute Gasteiger partial charge is 0.276 e. The van der Waals surface area contributed by atoms with Crippen LogP contribution in [0.25, 0.3) is 17.2 Å². The average Bonchev–Trinajstić information content (AvgIpc) is 3.50. The fourth-order valence-electron chi connectivity index (χ4n) is 3.73. The number of hydrogen-bond donors (Lipinski definition) is 0. The molecule has 10 heteroatoms. The lowest BCUT2D eigenvalue weighted by Gasteiger charge is -2.31. The molecule has 0 radical (unpaired) electrons. The third kappa shape index (κ3) is 4.18. The maximum absolute atomic E-state index is 13.0. The summed E-state index contributed by atoms with van der Waals surface area (Å²) in [6.07, 6.45) is 8.80. The second kappa shape index (κ2) is 8.42. The second-order valence-corrected chi connectivity index (χ2v) is 7.42. The lowest BCUT2D eigenvalue weighted by atomic mass is 9.94. The highest BCUT2D eigenvalue weighted by Crippen LogP contribution is 2.22. The van der Waals surface area contributed by atoms with Gasteiger partial charge in [0.25, 0.3) is 5.91 Å². The van der Waals surface area contributed by atoms with E-state index in [9.17, 15) is 4.79 Å². The summed E-state index contributed by atoms with van der Waals surface area (Å²) in [5.74, 6) is 1.08. The van der Waals surface area contributed by atoms with E-state index in [0.29, 0.717) is 42.6 Å². The van der Waals surface area contributed by atoms with Gasteiger partial charge in [-0.25, -0.2) is 4.98 Å². The Kier molecular flexibility index (Phi) is 5.17. The Hall–Kier alpha value is -3.95. The van der Waals surface area contributed by atoms with E-state index < -0.39 is 0 Å². The molecule has 10 nitrogen and oxygen atoms in total. The molecule has 1 aromatic carbocycles. The number of piperidine rings is 1. The molecular weight excluding hydrogens is 396 g/mol. The molecule has 0 N–H and O–H groups in total. The number of aromatic nitrogens is 7. The molecule has 0 bridgehead atoms. The molecular formula is C21H20N8O2. The Balaban J connectivity index is 1.24. The third-order valence-electron chi connectivity index (χ3n) is 5.23. The number of rotatable bonds is 5. The van der Waals surface area contributed by atoms with E-state index in [1.165, 1.54) is 11.0 Å². The number of carbonyl (C=O) groups excluding carboxylic acids is 1. The number of benzene rings is 1. The van der Waals surface area contributed by atoms with Crippen LogP contribution in [0.5, 0.6) is 0 Å². The lowest BCUT2D eigenvalue weighted by Crippen LogP contribution is -2.40. The summed E-state index contributed by atoms with van der Waals surface area (Å²) >= 11 is 0. The average molecular weight is 416 g/mol. The molecule has 1 unspecified atom stereocenters. The fraction of sp³-hybridized carbons (Fsp3) is 0.286. The minimum atomic E-state index is -0.113. The standard InChI is InChI=1S/C21H20N8O2/c30-21(18-13-24-29(26-18)16-6-2-1-3-7-16)28-10-4-5-15(14-28)11-19-25-20(27-31-19)17-12-22-8-9-23-17/h1-3,6-9,12-13,15H,4-5,10-11,14H2. The van der Waals surface area contributed by atoms with Gasteiger partial charge in [0.05, 0.1) is 18.1 Å². The van der Waals surface area contributed by atoms with Crippen molar-refractivity contribution in [3.05, 3.63) is 66.7 Å². The van der Waals surface area contributed by atoms with Gasteiger partial charge in [-0.05, 0) is 30.9 Å². The van der Waals surface area contributed by atoms with E-state index >= 15 is 0 Å². The van der Waals surface area contributed by atoms with Crippen LogP contribution in [0.4, 0.5) is 0 Å². The maximum atomic E-state index is 13.0. The van der Waals surface area contributed by atoms with Crippen molar-refractivity contribution in [3.8, 4) is 17.2 Å². The van der Waals surface area contributed by atoms with Crippen LogP contribution >= 0.6 is 0 Å². The minimum Gasteiger partial charge on any atom is -0.339 e. The SMILES string of the molecule is O=C(c1cnn(-c2ccccc2)n1)N1CCCC(Cc2nc(-c3cnccn3)no2)C1. The van der Waals surface area contributed by atoms with Crippen LogP contribution in [0.1, 0.15) is 29.2 Å². The fourth-order valence-corrected chi connectivity index (χ4v) is 3.73. The quantitative estimate of drug-likeness (QED) is 0.486. The van der Waals surface area contributed by atoms with Crippen LogP contribution in [-0.2, 0) is 6.42 Å². The first kappa shape index (κ1) is 19.0. The zero-order valence-corrected chi connectivity index (χ0v) is 16.7. The molecule has 3 aromatic heterocycles.